The second-order valence-electron chi connectivity index (χ2n) is 14.8. The minimum Gasteiger partial charge on any atom is -0.352 e. The van der Waals surface area contributed by atoms with E-state index < -0.39 is 0 Å². The summed E-state index contributed by atoms with van der Waals surface area (Å²) >= 11 is 6.39. The molecule has 1 aliphatic heterocycles. The monoisotopic (exact) mass is 520 g/mol. The molecule has 0 N–H and O–H groups in total. The zero-order valence-corrected chi connectivity index (χ0v) is 24.7. The van der Waals surface area contributed by atoms with Gasteiger partial charge in [-0.15, -0.1) is 0 Å². The number of rotatable bonds is 5. The first kappa shape index (κ1) is 26.3. The zero-order chi connectivity index (χ0) is 26.0. The highest BCUT2D eigenvalue weighted by Gasteiger charge is 2.68. The summed E-state index contributed by atoms with van der Waals surface area (Å²) in [5, 5.41) is 0.749. The third-order valence-corrected chi connectivity index (χ3v) is 12.9. The average molecular weight is 521 g/mol. The van der Waals surface area contributed by atoms with E-state index in [0.717, 1.165) is 58.4 Å². The van der Waals surface area contributed by atoms with Crippen molar-refractivity contribution in [3.63, 3.8) is 0 Å². The highest BCUT2D eigenvalue weighted by Crippen LogP contribution is 2.71. The number of hydrogen-bond acceptors (Lipinski definition) is 1. The second kappa shape index (κ2) is 9.59. The van der Waals surface area contributed by atoms with E-state index in [9.17, 15) is 0 Å². The number of ether oxygens (including phenoxy) is 1. The lowest BCUT2D eigenvalue weighted by Crippen LogP contribution is -2.54. The first-order valence-corrected chi connectivity index (χ1v) is 16.0. The van der Waals surface area contributed by atoms with E-state index in [4.69, 9.17) is 16.3 Å². The Morgan fingerprint density at radius 1 is 0.946 bits per heavy atom. The summed E-state index contributed by atoms with van der Waals surface area (Å²) in [6.45, 7) is 12.7. The highest BCUT2D eigenvalue weighted by atomic mass is 35.5. The summed E-state index contributed by atoms with van der Waals surface area (Å²) < 4.78 is 6.46. The van der Waals surface area contributed by atoms with Crippen LogP contribution in [0.25, 0.3) is 0 Å². The quantitative estimate of drug-likeness (QED) is 0.278. The smallest absolute Gasteiger partial charge is 0.155 e. The molecule has 0 unspecified atom stereocenters. The van der Waals surface area contributed by atoms with E-state index in [1.807, 2.05) is 24.3 Å². The molecule has 0 bridgehead atoms. The largest absolute Gasteiger partial charge is 0.352 e. The fourth-order valence-corrected chi connectivity index (χ4v) is 10.7. The highest BCUT2D eigenvalue weighted by molar-refractivity contribution is 6.31. The Morgan fingerprint density at radius 3 is 2.51 bits per heavy atom. The lowest BCUT2D eigenvalue weighted by molar-refractivity contribution is -0.112. The van der Waals surface area contributed by atoms with Crippen LogP contribution >= 0.6 is 11.6 Å². The molecule has 5 aliphatic rings. The fourth-order valence-electron chi connectivity index (χ4n) is 10.5. The average Bonchev–Trinajstić information content (AvgIpc) is 3.41. The van der Waals surface area contributed by atoms with E-state index >= 15 is 0 Å². The van der Waals surface area contributed by atoms with Crippen LogP contribution in [0.3, 0.4) is 0 Å². The summed E-state index contributed by atoms with van der Waals surface area (Å²) in [5.74, 6) is 13.2. The van der Waals surface area contributed by atoms with Crippen LogP contribution < -0.4 is 0 Å². The molecule has 0 aromatic heterocycles. The molecule has 10 atom stereocenters. The standard InChI is InChI=1S/C35H49ClO/c1-23(2)9-8-10-24(3)28-15-16-29-27-14-13-26-21-35(20-17-25-11-6-7-12-31(25)36)32(37-35)22-34(26,5)30(27)18-19-33(28,29)4/h6-7,11-12,23-24,26-30,32H,8-10,13-16,18-19,21-22H2,1-5H3/t24-,26+,27-,28-,29+,30+,32+,33+,34-,35-/m0/s1. The summed E-state index contributed by atoms with van der Waals surface area (Å²) in [6.07, 6.45) is 15.6. The van der Waals surface area contributed by atoms with Gasteiger partial charge in [0, 0.05) is 5.56 Å². The van der Waals surface area contributed by atoms with Gasteiger partial charge in [-0.05, 0) is 116 Å². The van der Waals surface area contributed by atoms with Crippen molar-refractivity contribution in [2.45, 2.75) is 117 Å². The van der Waals surface area contributed by atoms with Crippen LogP contribution in [0.1, 0.15) is 111 Å². The Bertz CT molecular complexity index is 1070. The lowest BCUT2D eigenvalue weighted by atomic mass is 9.44. The van der Waals surface area contributed by atoms with Gasteiger partial charge in [0.2, 0.25) is 0 Å². The summed E-state index contributed by atoms with van der Waals surface area (Å²) in [4.78, 5) is 0. The lowest BCUT2D eigenvalue weighted by Gasteiger charge is -2.60. The Morgan fingerprint density at radius 2 is 1.73 bits per heavy atom. The maximum Gasteiger partial charge on any atom is 0.155 e. The summed E-state index contributed by atoms with van der Waals surface area (Å²) in [5.41, 5.74) is 1.74. The molecule has 5 fully saturated rings. The molecular formula is C35H49ClO. The molecule has 1 aromatic rings. The van der Waals surface area contributed by atoms with Gasteiger partial charge in [-0.1, -0.05) is 89.5 Å². The van der Waals surface area contributed by atoms with Crippen molar-refractivity contribution in [1.82, 2.24) is 0 Å². The molecule has 1 aromatic carbocycles. The molecule has 0 spiro atoms. The van der Waals surface area contributed by atoms with Gasteiger partial charge in [0.25, 0.3) is 0 Å². The molecule has 4 saturated carbocycles. The molecule has 1 heterocycles. The first-order chi connectivity index (χ1) is 17.7. The second-order valence-corrected chi connectivity index (χ2v) is 15.2. The van der Waals surface area contributed by atoms with Crippen molar-refractivity contribution < 1.29 is 4.74 Å². The van der Waals surface area contributed by atoms with Gasteiger partial charge in [-0.25, -0.2) is 0 Å². The molecular weight excluding hydrogens is 472 g/mol. The molecule has 4 aliphatic carbocycles. The number of epoxide rings is 1. The van der Waals surface area contributed by atoms with Gasteiger partial charge in [0.15, 0.2) is 5.60 Å². The Labute approximate surface area is 231 Å². The van der Waals surface area contributed by atoms with E-state index in [1.54, 1.807) is 0 Å². The van der Waals surface area contributed by atoms with Crippen LogP contribution in [0.4, 0.5) is 0 Å². The van der Waals surface area contributed by atoms with Crippen molar-refractivity contribution >= 4 is 11.6 Å². The van der Waals surface area contributed by atoms with Gasteiger partial charge in [0.1, 0.15) is 6.10 Å². The third kappa shape index (κ3) is 4.42. The minimum atomic E-state index is -0.205. The van der Waals surface area contributed by atoms with Crippen LogP contribution in [-0.2, 0) is 4.74 Å². The number of hydrogen-bond donors (Lipinski definition) is 0. The normalized spacial score (nSPS) is 44.6. The fraction of sp³-hybridized carbons (Fsp3) is 0.771. The third-order valence-electron chi connectivity index (χ3n) is 12.5. The molecule has 0 amide bonds. The molecule has 37 heavy (non-hydrogen) atoms. The van der Waals surface area contributed by atoms with Gasteiger partial charge >= 0.3 is 0 Å². The van der Waals surface area contributed by atoms with E-state index in [1.165, 1.54) is 64.2 Å². The zero-order valence-electron chi connectivity index (χ0n) is 24.0. The van der Waals surface area contributed by atoms with Crippen LogP contribution in [0.2, 0.25) is 5.02 Å². The number of halogens is 1. The molecule has 2 heteroatoms. The minimum absolute atomic E-state index is 0.205. The maximum atomic E-state index is 6.46. The van der Waals surface area contributed by atoms with Crippen LogP contribution in [-0.4, -0.2) is 11.7 Å². The molecule has 202 valence electrons. The van der Waals surface area contributed by atoms with Gasteiger partial charge in [0.05, 0.1) is 5.02 Å². The Hall–Kier alpha value is -0.970. The molecule has 0 radical (unpaired) electrons. The van der Waals surface area contributed by atoms with Gasteiger partial charge in [-0.2, -0.15) is 0 Å². The number of fused-ring (bicyclic) bond motifs is 6. The Kier molecular flexibility index (Phi) is 6.81. The molecule has 1 nitrogen and oxygen atoms in total. The molecule has 6 rings (SSSR count). The number of benzene rings is 1. The van der Waals surface area contributed by atoms with Crippen molar-refractivity contribution in [3.05, 3.63) is 34.9 Å². The molecule has 1 saturated heterocycles. The van der Waals surface area contributed by atoms with Gasteiger partial charge in [-0.3, -0.25) is 0 Å². The topological polar surface area (TPSA) is 12.5 Å². The predicted molar refractivity (Wildman–Crippen MR) is 154 cm³/mol. The van der Waals surface area contributed by atoms with Gasteiger partial charge < -0.3 is 4.74 Å². The van der Waals surface area contributed by atoms with Crippen LogP contribution in [0, 0.1) is 64.1 Å². The van der Waals surface area contributed by atoms with E-state index in [0.29, 0.717) is 16.9 Å². The Balaban J connectivity index is 1.15. The summed E-state index contributed by atoms with van der Waals surface area (Å²) in [7, 11) is 0. The van der Waals surface area contributed by atoms with Crippen molar-refractivity contribution in [2.24, 2.45) is 52.3 Å². The summed E-state index contributed by atoms with van der Waals surface area (Å²) in [6, 6.07) is 7.96. The first-order valence-electron chi connectivity index (χ1n) is 15.6. The van der Waals surface area contributed by atoms with Crippen molar-refractivity contribution in [2.75, 3.05) is 0 Å². The predicted octanol–water partition coefficient (Wildman–Crippen LogP) is 9.56. The van der Waals surface area contributed by atoms with E-state index in [2.05, 4.69) is 46.5 Å². The van der Waals surface area contributed by atoms with Crippen molar-refractivity contribution in [1.29, 1.82) is 0 Å². The van der Waals surface area contributed by atoms with Crippen molar-refractivity contribution in [3.8, 4) is 11.8 Å². The van der Waals surface area contributed by atoms with Crippen LogP contribution in [0.5, 0.6) is 0 Å². The SMILES string of the molecule is CC(C)CCC[C@H](C)[C@@H]1CC[C@@H]2[C@@H]3CC[C@@H]4C[C@]5(C#Cc6ccccc6Cl)O[C@@H]5C[C@]4(C)[C@@H]3CC[C@@]21C. The van der Waals surface area contributed by atoms with E-state index in [-0.39, 0.29) is 5.60 Å². The van der Waals surface area contributed by atoms with Crippen LogP contribution in [0.15, 0.2) is 24.3 Å². The maximum absolute atomic E-state index is 6.46.